The van der Waals surface area contributed by atoms with Crippen molar-refractivity contribution in [3.8, 4) is 0 Å². The average Bonchev–Trinajstić information content (AvgIpc) is 2.35. The number of nitrogens with one attached hydrogen (secondary N) is 2. The molecule has 0 fully saturated rings. The number of imide groups is 1. The Morgan fingerprint density at radius 1 is 1.29 bits per heavy atom. The molecule has 21 heavy (non-hydrogen) atoms. The molecule has 0 aromatic carbocycles. The van der Waals surface area contributed by atoms with Crippen molar-refractivity contribution in [2.75, 3.05) is 0 Å². The van der Waals surface area contributed by atoms with E-state index in [2.05, 4.69) is 15.6 Å². The Morgan fingerprint density at radius 2 is 2.00 bits per heavy atom. The highest BCUT2D eigenvalue weighted by Crippen LogP contribution is 2.24. The van der Waals surface area contributed by atoms with Crippen LogP contribution >= 0.6 is 0 Å². The van der Waals surface area contributed by atoms with E-state index >= 15 is 0 Å². The molecule has 0 spiro atoms. The normalized spacial score (nSPS) is 10.8. The number of carboxylic acids is 1. The maximum absolute atomic E-state index is 11.7. The van der Waals surface area contributed by atoms with Gasteiger partial charge in [0.25, 0.3) is 0 Å². The van der Waals surface area contributed by atoms with Crippen LogP contribution in [0.15, 0.2) is 24.5 Å². The largest absolute Gasteiger partial charge is 0.481 e. The monoisotopic (exact) mass is 293 g/mol. The number of rotatable bonds is 6. The molecule has 0 aliphatic heterocycles. The lowest BCUT2D eigenvalue weighted by Gasteiger charge is -2.21. The zero-order valence-corrected chi connectivity index (χ0v) is 12.0. The van der Waals surface area contributed by atoms with Gasteiger partial charge in [0, 0.05) is 25.4 Å². The standard InChI is InChI=1S/C14H19N3O4/c1-14(2,7-12(19)20)6-11(18)17-13(21)16-9-10-4-3-5-15-8-10/h3-5,8H,6-7,9H2,1-2H3,(H,19,20)(H2,16,17,18,21). The maximum atomic E-state index is 11.7. The van der Waals surface area contributed by atoms with Crippen molar-refractivity contribution >= 4 is 17.9 Å². The van der Waals surface area contributed by atoms with Crippen molar-refractivity contribution in [3.63, 3.8) is 0 Å². The minimum absolute atomic E-state index is 0.0421. The van der Waals surface area contributed by atoms with Crippen LogP contribution in [-0.4, -0.2) is 28.0 Å². The smallest absolute Gasteiger partial charge is 0.321 e. The summed E-state index contributed by atoms with van der Waals surface area (Å²) >= 11 is 0. The third-order valence-corrected chi connectivity index (χ3v) is 2.70. The number of aliphatic carboxylic acids is 1. The second-order valence-electron chi connectivity index (χ2n) is 5.50. The van der Waals surface area contributed by atoms with E-state index in [0.29, 0.717) is 0 Å². The second-order valence-corrected chi connectivity index (χ2v) is 5.50. The van der Waals surface area contributed by atoms with Gasteiger partial charge in [0.15, 0.2) is 0 Å². The Kier molecular flexibility index (Phi) is 5.83. The zero-order chi connectivity index (χ0) is 15.9. The van der Waals surface area contributed by atoms with Crippen molar-refractivity contribution in [2.45, 2.75) is 33.2 Å². The fourth-order valence-corrected chi connectivity index (χ4v) is 1.81. The average molecular weight is 293 g/mol. The summed E-state index contributed by atoms with van der Waals surface area (Å²) in [5.41, 5.74) is 0.103. The van der Waals surface area contributed by atoms with Crippen LogP contribution in [0.5, 0.6) is 0 Å². The van der Waals surface area contributed by atoms with E-state index in [4.69, 9.17) is 5.11 Å². The first kappa shape index (κ1) is 16.6. The Balaban J connectivity index is 2.37. The van der Waals surface area contributed by atoms with Crippen molar-refractivity contribution in [2.24, 2.45) is 5.41 Å². The molecule has 0 radical (unpaired) electrons. The van der Waals surface area contributed by atoms with Crippen LogP contribution in [0.1, 0.15) is 32.3 Å². The highest BCUT2D eigenvalue weighted by atomic mass is 16.4. The van der Waals surface area contributed by atoms with Crippen molar-refractivity contribution < 1.29 is 19.5 Å². The van der Waals surface area contributed by atoms with E-state index in [1.165, 1.54) is 0 Å². The molecule has 114 valence electrons. The van der Waals surface area contributed by atoms with Gasteiger partial charge in [0.05, 0.1) is 6.42 Å². The first-order chi connectivity index (χ1) is 9.78. The minimum atomic E-state index is -0.978. The van der Waals surface area contributed by atoms with E-state index in [0.717, 1.165) is 5.56 Å². The minimum Gasteiger partial charge on any atom is -0.481 e. The summed E-state index contributed by atoms with van der Waals surface area (Å²) in [5, 5.41) is 13.4. The molecule has 1 heterocycles. The van der Waals surface area contributed by atoms with Gasteiger partial charge in [-0.15, -0.1) is 0 Å². The maximum Gasteiger partial charge on any atom is 0.321 e. The SMILES string of the molecule is CC(C)(CC(=O)O)CC(=O)NC(=O)NCc1cccnc1. The molecule has 1 aromatic heterocycles. The molecule has 3 N–H and O–H groups in total. The van der Waals surface area contributed by atoms with E-state index < -0.39 is 23.3 Å². The summed E-state index contributed by atoms with van der Waals surface area (Å²) in [7, 11) is 0. The van der Waals surface area contributed by atoms with Gasteiger partial charge in [-0.25, -0.2) is 4.79 Å². The molecule has 0 saturated heterocycles. The molecule has 0 atom stereocenters. The number of hydrogen-bond acceptors (Lipinski definition) is 4. The number of urea groups is 1. The molecule has 0 bridgehead atoms. The van der Waals surface area contributed by atoms with E-state index in [1.54, 1.807) is 38.4 Å². The quantitative estimate of drug-likeness (QED) is 0.732. The third-order valence-electron chi connectivity index (χ3n) is 2.70. The summed E-state index contributed by atoms with van der Waals surface area (Å²) in [5.74, 6) is -1.49. The van der Waals surface area contributed by atoms with Gasteiger partial charge in [0.1, 0.15) is 0 Å². The van der Waals surface area contributed by atoms with Gasteiger partial charge in [-0.1, -0.05) is 19.9 Å². The van der Waals surface area contributed by atoms with Gasteiger partial charge in [-0.3, -0.25) is 19.9 Å². The van der Waals surface area contributed by atoms with Crippen LogP contribution in [0.25, 0.3) is 0 Å². The Hall–Kier alpha value is -2.44. The summed E-state index contributed by atoms with van der Waals surface area (Å²) < 4.78 is 0. The van der Waals surface area contributed by atoms with Gasteiger partial charge in [-0.2, -0.15) is 0 Å². The fourth-order valence-electron chi connectivity index (χ4n) is 1.81. The summed E-state index contributed by atoms with van der Waals surface area (Å²) in [6, 6.07) is 2.93. The summed E-state index contributed by atoms with van der Waals surface area (Å²) in [4.78, 5) is 37.8. The molecule has 3 amide bonds. The molecule has 0 unspecified atom stereocenters. The zero-order valence-electron chi connectivity index (χ0n) is 12.0. The molecule has 1 rings (SSSR count). The lowest BCUT2D eigenvalue weighted by Crippen LogP contribution is -2.40. The number of pyridine rings is 1. The number of hydrogen-bond donors (Lipinski definition) is 3. The van der Waals surface area contributed by atoms with E-state index in [1.807, 2.05) is 0 Å². The van der Waals surface area contributed by atoms with Gasteiger partial charge in [0.2, 0.25) is 5.91 Å². The fraction of sp³-hybridized carbons (Fsp3) is 0.429. The van der Waals surface area contributed by atoms with Gasteiger partial charge < -0.3 is 10.4 Å². The Morgan fingerprint density at radius 3 is 2.57 bits per heavy atom. The predicted molar refractivity (Wildman–Crippen MR) is 75.3 cm³/mol. The van der Waals surface area contributed by atoms with Gasteiger partial charge >= 0.3 is 12.0 Å². The first-order valence-electron chi connectivity index (χ1n) is 6.47. The van der Waals surface area contributed by atoms with E-state index in [-0.39, 0.29) is 19.4 Å². The van der Waals surface area contributed by atoms with Crippen LogP contribution in [0.3, 0.4) is 0 Å². The predicted octanol–water partition coefficient (Wildman–Crippen LogP) is 1.30. The van der Waals surface area contributed by atoms with E-state index in [9.17, 15) is 14.4 Å². The number of nitrogens with zero attached hydrogens (tertiary/aromatic N) is 1. The van der Waals surface area contributed by atoms with Crippen molar-refractivity contribution in [3.05, 3.63) is 30.1 Å². The highest BCUT2D eigenvalue weighted by molar-refractivity contribution is 5.94. The Bertz CT molecular complexity index is 514. The van der Waals surface area contributed by atoms with Crippen molar-refractivity contribution in [1.29, 1.82) is 0 Å². The molecular weight excluding hydrogens is 274 g/mol. The Labute approximate surface area is 122 Å². The number of amides is 3. The van der Waals surface area contributed by atoms with Crippen LogP contribution in [0.4, 0.5) is 4.79 Å². The molecular formula is C14H19N3O4. The van der Waals surface area contributed by atoms with Crippen LogP contribution < -0.4 is 10.6 Å². The molecule has 1 aromatic rings. The molecule has 7 heteroatoms. The number of carbonyl (C=O) groups excluding carboxylic acids is 2. The number of carbonyl (C=O) groups is 3. The van der Waals surface area contributed by atoms with Crippen LogP contribution in [0.2, 0.25) is 0 Å². The third kappa shape index (κ3) is 7.05. The van der Waals surface area contributed by atoms with Crippen LogP contribution in [0, 0.1) is 5.41 Å². The van der Waals surface area contributed by atoms with Crippen molar-refractivity contribution in [1.82, 2.24) is 15.6 Å². The molecule has 0 saturated carbocycles. The van der Waals surface area contributed by atoms with Crippen LogP contribution in [-0.2, 0) is 16.1 Å². The molecule has 0 aliphatic rings. The molecule has 7 nitrogen and oxygen atoms in total. The lowest BCUT2D eigenvalue weighted by atomic mass is 9.85. The topological polar surface area (TPSA) is 108 Å². The summed E-state index contributed by atoms with van der Waals surface area (Å²) in [6.45, 7) is 3.58. The number of aromatic nitrogens is 1. The highest BCUT2D eigenvalue weighted by Gasteiger charge is 2.25. The number of carboxylic acid groups (broad SMARTS) is 1. The summed E-state index contributed by atoms with van der Waals surface area (Å²) in [6.07, 6.45) is 3.05. The molecule has 0 aliphatic carbocycles. The van der Waals surface area contributed by atoms with Gasteiger partial charge in [-0.05, 0) is 17.0 Å². The second kappa shape index (κ2) is 7.37. The first-order valence-corrected chi connectivity index (χ1v) is 6.47. The lowest BCUT2D eigenvalue weighted by molar-refractivity contribution is -0.139.